The topological polar surface area (TPSA) is 64.8 Å². The Morgan fingerprint density at radius 1 is 1.30 bits per heavy atom. The van der Waals surface area contributed by atoms with E-state index in [1.807, 2.05) is 0 Å². The van der Waals surface area contributed by atoms with Crippen molar-refractivity contribution in [1.82, 2.24) is 14.8 Å². The second-order valence-corrected chi connectivity index (χ2v) is 8.17. The number of hydrogen-bond acceptors (Lipinski definition) is 4. The second-order valence-electron chi connectivity index (χ2n) is 6.24. The highest BCUT2D eigenvalue weighted by atomic mass is 32.2. The van der Waals surface area contributed by atoms with Crippen LogP contribution >= 0.6 is 0 Å². The zero-order valence-corrected chi connectivity index (χ0v) is 12.8. The highest BCUT2D eigenvalue weighted by Gasteiger charge is 2.38. The van der Waals surface area contributed by atoms with Crippen molar-refractivity contribution < 1.29 is 8.42 Å². The summed E-state index contributed by atoms with van der Waals surface area (Å²) in [6, 6.07) is 0. The van der Waals surface area contributed by atoms with Crippen LogP contribution in [0.1, 0.15) is 45.4 Å². The number of nitrogens with zero attached hydrogens (tertiary/aromatic N) is 3. The van der Waals surface area contributed by atoms with E-state index in [2.05, 4.69) is 17.0 Å². The Morgan fingerprint density at radius 2 is 2.15 bits per heavy atom. The summed E-state index contributed by atoms with van der Waals surface area (Å²) < 4.78 is 26.6. The maximum absolute atomic E-state index is 12.5. The average molecular weight is 297 g/mol. The van der Waals surface area contributed by atoms with Gasteiger partial charge in [-0.3, -0.25) is 4.68 Å². The summed E-state index contributed by atoms with van der Waals surface area (Å²) in [5.41, 5.74) is 0. The van der Waals surface area contributed by atoms with E-state index in [4.69, 9.17) is 0 Å². The van der Waals surface area contributed by atoms with E-state index < -0.39 is 9.84 Å². The minimum Gasteiger partial charge on any atom is -0.252 e. The molecule has 112 valence electrons. The van der Waals surface area contributed by atoms with Crippen molar-refractivity contribution in [2.24, 2.45) is 17.8 Å². The van der Waals surface area contributed by atoms with Gasteiger partial charge in [-0.25, -0.2) is 13.4 Å². The minimum atomic E-state index is -3.32. The van der Waals surface area contributed by atoms with Crippen LogP contribution in [0, 0.1) is 17.8 Å². The van der Waals surface area contributed by atoms with Crippen LogP contribution in [0.3, 0.4) is 0 Å². The highest BCUT2D eigenvalue weighted by molar-refractivity contribution is 7.91. The minimum absolute atomic E-state index is 0.0260. The highest BCUT2D eigenvalue weighted by Crippen LogP contribution is 2.43. The van der Waals surface area contributed by atoms with E-state index in [1.54, 1.807) is 11.0 Å². The van der Waals surface area contributed by atoms with Gasteiger partial charge in [-0.1, -0.05) is 19.8 Å². The lowest BCUT2D eigenvalue weighted by Crippen LogP contribution is -2.23. The van der Waals surface area contributed by atoms with Gasteiger partial charge in [0.15, 0.2) is 0 Å². The summed E-state index contributed by atoms with van der Waals surface area (Å²) in [5, 5.41) is 4.16. The number of rotatable bonds is 1. The summed E-state index contributed by atoms with van der Waals surface area (Å²) in [5.74, 6) is 1.82. The van der Waals surface area contributed by atoms with Gasteiger partial charge in [0.2, 0.25) is 9.84 Å². The van der Waals surface area contributed by atoms with Crippen molar-refractivity contribution in [3.05, 3.63) is 6.33 Å². The van der Waals surface area contributed by atoms with E-state index >= 15 is 0 Å². The summed E-state index contributed by atoms with van der Waals surface area (Å²) in [6.07, 6.45) is 8.34. The predicted octanol–water partition coefficient (Wildman–Crippen LogP) is 2.29. The molecule has 0 spiro atoms. The molecular weight excluding hydrogens is 274 g/mol. The molecule has 0 amide bonds. The standard InChI is InChI=1S/C14H23N3O2S/c1-2-11-6-7-12-9-20(18,19)14-15-10-17(16-14)8-4-3-5-13(11)12/h10-13H,2-9H2,1H3. The van der Waals surface area contributed by atoms with Crippen molar-refractivity contribution in [3.63, 3.8) is 0 Å². The van der Waals surface area contributed by atoms with Crippen LogP contribution in [0.4, 0.5) is 0 Å². The van der Waals surface area contributed by atoms with Gasteiger partial charge in [0.1, 0.15) is 6.33 Å². The summed E-state index contributed by atoms with van der Waals surface area (Å²) >= 11 is 0. The number of hydrogen-bond donors (Lipinski definition) is 0. The van der Waals surface area contributed by atoms with E-state index in [9.17, 15) is 8.42 Å². The molecule has 5 nitrogen and oxygen atoms in total. The van der Waals surface area contributed by atoms with Crippen LogP contribution in [0.2, 0.25) is 0 Å². The first-order valence-corrected chi connectivity index (χ1v) is 9.37. The zero-order valence-electron chi connectivity index (χ0n) is 12.0. The van der Waals surface area contributed by atoms with Gasteiger partial charge in [0.25, 0.3) is 5.16 Å². The van der Waals surface area contributed by atoms with Gasteiger partial charge >= 0.3 is 0 Å². The quantitative estimate of drug-likeness (QED) is 0.797. The zero-order chi connectivity index (χ0) is 14.2. The third-order valence-corrected chi connectivity index (χ3v) is 6.66. The largest absolute Gasteiger partial charge is 0.266 e. The van der Waals surface area contributed by atoms with Crippen LogP contribution in [0.5, 0.6) is 0 Å². The monoisotopic (exact) mass is 297 g/mol. The lowest BCUT2D eigenvalue weighted by molar-refractivity contribution is 0.289. The van der Waals surface area contributed by atoms with Crippen molar-refractivity contribution in [2.75, 3.05) is 5.75 Å². The molecule has 1 aromatic heterocycles. The molecule has 1 aromatic rings. The summed E-state index contributed by atoms with van der Waals surface area (Å²) in [4.78, 5) is 4.00. The Labute approximate surface area is 120 Å². The fourth-order valence-electron chi connectivity index (χ4n) is 3.96. The third-order valence-electron chi connectivity index (χ3n) is 5.05. The van der Waals surface area contributed by atoms with Gasteiger partial charge in [-0.2, -0.15) is 0 Å². The van der Waals surface area contributed by atoms with E-state index in [-0.39, 0.29) is 10.9 Å². The molecule has 1 saturated carbocycles. The average Bonchev–Trinajstić information content (AvgIpc) is 3.01. The first-order valence-electron chi connectivity index (χ1n) is 7.72. The normalized spacial score (nSPS) is 33.4. The SMILES string of the molecule is CCC1CCC2CS(=O)(=O)c3ncn(n3)CCCCC12. The molecule has 6 heteroatoms. The fraction of sp³-hybridized carbons (Fsp3) is 0.857. The maximum atomic E-state index is 12.5. The van der Waals surface area contributed by atoms with Crippen molar-refractivity contribution in [3.8, 4) is 0 Å². The summed E-state index contributed by atoms with van der Waals surface area (Å²) in [7, 11) is -3.32. The molecule has 2 bridgehead atoms. The van der Waals surface area contributed by atoms with Crippen molar-refractivity contribution in [2.45, 2.75) is 57.1 Å². The maximum Gasteiger partial charge on any atom is 0.266 e. The van der Waals surface area contributed by atoms with Crippen LogP contribution < -0.4 is 0 Å². The van der Waals surface area contributed by atoms with Gasteiger partial charge in [-0.05, 0) is 43.4 Å². The van der Waals surface area contributed by atoms with Crippen LogP contribution in [0.15, 0.2) is 11.5 Å². The van der Waals surface area contributed by atoms with Gasteiger partial charge in [-0.15, -0.1) is 5.10 Å². The predicted molar refractivity (Wildman–Crippen MR) is 75.9 cm³/mol. The number of aryl methyl sites for hydroxylation is 1. The molecule has 3 atom stereocenters. The molecule has 0 radical (unpaired) electrons. The van der Waals surface area contributed by atoms with Gasteiger partial charge < -0.3 is 0 Å². The Kier molecular flexibility index (Phi) is 3.84. The Balaban J connectivity index is 1.89. The lowest BCUT2D eigenvalue weighted by Gasteiger charge is -2.23. The molecule has 3 rings (SSSR count). The van der Waals surface area contributed by atoms with E-state index in [0.29, 0.717) is 17.8 Å². The van der Waals surface area contributed by atoms with Gasteiger partial charge in [0, 0.05) is 6.54 Å². The molecule has 20 heavy (non-hydrogen) atoms. The molecule has 0 saturated heterocycles. The first kappa shape index (κ1) is 14.0. The van der Waals surface area contributed by atoms with Gasteiger partial charge in [0.05, 0.1) is 5.75 Å². The second kappa shape index (κ2) is 5.47. The molecule has 0 N–H and O–H groups in total. The smallest absolute Gasteiger partial charge is 0.252 e. The molecule has 0 aromatic carbocycles. The van der Waals surface area contributed by atoms with Crippen molar-refractivity contribution in [1.29, 1.82) is 0 Å². The van der Waals surface area contributed by atoms with E-state index in [1.165, 1.54) is 19.3 Å². The Morgan fingerprint density at radius 3 is 2.95 bits per heavy atom. The van der Waals surface area contributed by atoms with Crippen LogP contribution in [0.25, 0.3) is 0 Å². The summed E-state index contributed by atoms with van der Waals surface area (Å²) in [6.45, 7) is 3.01. The Hall–Kier alpha value is -0.910. The number of sulfone groups is 1. The number of fused-ring (bicyclic) bond motifs is 3. The molecule has 1 aliphatic heterocycles. The van der Waals surface area contributed by atoms with Crippen molar-refractivity contribution >= 4 is 9.84 Å². The Bertz CT molecular complexity index is 567. The fourth-order valence-corrected chi connectivity index (χ4v) is 5.53. The number of aromatic nitrogens is 3. The molecule has 1 fully saturated rings. The molecule has 3 unspecified atom stereocenters. The molecular formula is C14H23N3O2S. The van der Waals surface area contributed by atoms with Crippen LogP contribution in [-0.4, -0.2) is 28.9 Å². The first-order chi connectivity index (χ1) is 9.60. The van der Waals surface area contributed by atoms with E-state index in [0.717, 1.165) is 25.8 Å². The molecule has 2 heterocycles. The molecule has 2 aliphatic rings. The third kappa shape index (κ3) is 2.62. The lowest BCUT2D eigenvalue weighted by atomic mass is 9.84. The van der Waals surface area contributed by atoms with Crippen LogP contribution in [-0.2, 0) is 16.4 Å². The molecule has 1 aliphatic carbocycles.